The highest BCUT2D eigenvalue weighted by atomic mass is 16.3. The molecule has 2 heterocycles. The number of rotatable bonds is 3. The van der Waals surface area contributed by atoms with E-state index in [2.05, 4.69) is 71.7 Å². The maximum atomic E-state index is 10.7. The molecule has 3 N–H and O–H groups in total. The van der Waals surface area contributed by atoms with Crippen molar-refractivity contribution in [2.75, 3.05) is 0 Å². The lowest BCUT2D eigenvalue weighted by Gasteiger charge is -2.19. The van der Waals surface area contributed by atoms with Gasteiger partial charge in [-0.05, 0) is 36.2 Å². The molecule has 0 atom stereocenters. The monoisotopic (exact) mass is 352 g/mol. The number of nitrogens with one attached hydrogen (secondary N) is 2. The molecule has 132 valence electrons. The fourth-order valence-electron chi connectivity index (χ4n) is 4.07. The summed E-state index contributed by atoms with van der Waals surface area (Å²) in [7, 11) is 0. The lowest BCUT2D eigenvalue weighted by molar-refractivity contribution is 0.467. The summed E-state index contributed by atoms with van der Waals surface area (Å²) in [6.07, 6.45) is 4.14. The van der Waals surface area contributed by atoms with Crippen LogP contribution in [-0.2, 0) is 0 Å². The maximum Gasteiger partial charge on any atom is 0.119 e. The van der Waals surface area contributed by atoms with Crippen molar-refractivity contribution in [3.8, 4) is 5.75 Å². The van der Waals surface area contributed by atoms with Gasteiger partial charge in [-0.15, -0.1) is 0 Å². The minimum atomic E-state index is -0.0720. The van der Waals surface area contributed by atoms with E-state index < -0.39 is 0 Å². The normalized spacial score (nSPS) is 11.6. The predicted octanol–water partition coefficient (Wildman–Crippen LogP) is 5.84. The van der Waals surface area contributed by atoms with Gasteiger partial charge in [-0.2, -0.15) is 0 Å². The Morgan fingerprint density at radius 2 is 1.26 bits per heavy atom. The van der Waals surface area contributed by atoms with Crippen LogP contribution in [0.3, 0.4) is 0 Å². The van der Waals surface area contributed by atoms with E-state index in [0.29, 0.717) is 5.75 Å². The largest absolute Gasteiger partial charge is 0.508 e. The van der Waals surface area contributed by atoms with Crippen LogP contribution in [0.4, 0.5) is 0 Å². The van der Waals surface area contributed by atoms with Gasteiger partial charge in [0.2, 0.25) is 0 Å². The van der Waals surface area contributed by atoms with Crippen LogP contribution in [0.2, 0.25) is 0 Å². The third-order valence-corrected chi connectivity index (χ3v) is 5.36. The third kappa shape index (κ3) is 2.51. The fourth-order valence-corrected chi connectivity index (χ4v) is 4.07. The van der Waals surface area contributed by atoms with E-state index in [1.54, 1.807) is 6.07 Å². The average Bonchev–Trinajstić information content (AvgIpc) is 3.30. The van der Waals surface area contributed by atoms with Crippen molar-refractivity contribution in [3.63, 3.8) is 0 Å². The van der Waals surface area contributed by atoms with Crippen LogP contribution in [0.5, 0.6) is 5.75 Å². The number of hydrogen-bond acceptors (Lipinski definition) is 1. The first-order valence-corrected chi connectivity index (χ1v) is 9.14. The first kappa shape index (κ1) is 15.8. The van der Waals surface area contributed by atoms with Crippen molar-refractivity contribution in [1.29, 1.82) is 0 Å². The Balaban J connectivity index is 1.84. The lowest BCUT2D eigenvalue weighted by atomic mass is 9.83. The highest BCUT2D eigenvalue weighted by Gasteiger charge is 2.25. The molecule has 0 bridgehead atoms. The van der Waals surface area contributed by atoms with Crippen molar-refractivity contribution >= 4 is 21.8 Å². The van der Waals surface area contributed by atoms with Gasteiger partial charge in [-0.3, -0.25) is 0 Å². The van der Waals surface area contributed by atoms with Crippen molar-refractivity contribution in [3.05, 3.63) is 101 Å². The number of aromatic nitrogens is 2. The molecule has 3 nitrogen and oxygen atoms in total. The quantitative estimate of drug-likeness (QED) is 0.375. The van der Waals surface area contributed by atoms with E-state index >= 15 is 0 Å². The second-order valence-corrected chi connectivity index (χ2v) is 7.07. The second-order valence-electron chi connectivity index (χ2n) is 7.07. The summed E-state index contributed by atoms with van der Waals surface area (Å²) in [4.78, 5) is 6.78. The molecule has 0 amide bonds. The van der Waals surface area contributed by atoms with Gasteiger partial charge in [0.25, 0.3) is 0 Å². The molecule has 0 fully saturated rings. The van der Waals surface area contributed by atoms with E-state index in [4.69, 9.17) is 0 Å². The third-order valence-electron chi connectivity index (χ3n) is 5.36. The van der Waals surface area contributed by atoms with E-state index in [9.17, 15) is 5.11 Å². The van der Waals surface area contributed by atoms with Crippen molar-refractivity contribution in [1.82, 2.24) is 9.97 Å². The number of aromatic hydroxyl groups is 1. The van der Waals surface area contributed by atoms with E-state index in [1.165, 1.54) is 10.8 Å². The van der Waals surface area contributed by atoms with Crippen molar-refractivity contribution in [2.24, 2.45) is 0 Å². The molecular formula is C24H20N2O. The second kappa shape index (κ2) is 6.06. The standard InChI is InChI=1S/C24H20N2O/c1-15-10-11-23(27)18(12-15)24(19-13-25-21-8-4-2-6-16(19)21)20-14-26-22-9-5-3-7-17(20)22/h2-14,24-27H,1H3. The molecule has 0 saturated carbocycles. The lowest BCUT2D eigenvalue weighted by Crippen LogP contribution is -2.03. The minimum absolute atomic E-state index is 0.0720. The Kier molecular flexibility index (Phi) is 3.54. The van der Waals surface area contributed by atoms with E-state index in [1.807, 2.05) is 18.2 Å². The average molecular weight is 352 g/mol. The number of H-pyrrole nitrogens is 2. The molecule has 27 heavy (non-hydrogen) atoms. The summed E-state index contributed by atoms with van der Waals surface area (Å²) in [6, 6.07) is 22.4. The molecule has 5 aromatic rings. The molecule has 0 spiro atoms. The Labute approximate surface area is 157 Å². The molecule has 0 aliphatic rings. The molecular weight excluding hydrogens is 332 g/mol. The highest BCUT2D eigenvalue weighted by Crippen LogP contribution is 2.42. The summed E-state index contributed by atoms with van der Waals surface area (Å²) >= 11 is 0. The molecule has 5 rings (SSSR count). The molecule has 0 aliphatic carbocycles. The summed E-state index contributed by atoms with van der Waals surface area (Å²) in [6.45, 7) is 2.06. The SMILES string of the molecule is Cc1ccc(O)c(C(c2c[nH]c3ccccc23)c2c[nH]c3ccccc23)c1. The van der Waals surface area contributed by atoms with Gasteiger partial charge >= 0.3 is 0 Å². The number of aryl methyl sites for hydroxylation is 1. The van der Waals surface area contributed by atoms with Gasteiger partial charge in [-0.25, -0.2) is 0 Å². The topological polar surface area (TPSA) is 51.8 Å². The summed E-state index contributed by atoms with van der Waals surface area (Å²) in [5, 5.41) is 13.1. The van der Waals surface area contributed by atoms with Crippen molar-refractivity contribution < 1.29 is 5.11 Å². The molecule has 2 aromatic heterocycles. The van der Waals surface area contributed by atoms with E-state index in [-0.39, 0.29) is 5.92 Å². The van der Waals surface area contributed by atoms with Gasteiger partial charge in [0.05, 0.1) is 0 Å². The highest BCUT2D eigenvalue weighted by molar-refractivity contribution is 5.89. The Morgan fingerprint density at radius 3 is 1.85 bits per heavy atom. The number of aromatic amines is 2. The smallest absolute Gasteiger partial charge is 0.119 e. The fraction of sp³-hybridized carbons (Fsp3) is 0.0833. The first-order chi connectivity index (χ1) is 13.2. The van der Waals surface area contributed by atoms with Crippen LogP contribution in [0.25, 0.3) is 21.8 Å². The number of benzene rings is 3. The van der Waals surface area contributed by atoms with Gasteiger partial charge in [0.1, 0.15) is 5.75 Å². The number of phenolic OH excluding ortho intramolecular Hbond substituents is 1. The molecule has 3 heteroatoms. The molecule has 0 aliphatic heterocycles. The summed E-state index contributed by atoms with van der Waals surface area (Å²) < 4.78 is 0. The molecule has 0 unspecified atom stereocenters. The summed E-state index contributed by atoms with van der Waals surface area (Å²) in [5.41, 5.74) is 6.58. The Morgan fingerprint density at radius 1 is 0.704 bits per heavy atom. The Hall–Kier alpha value is -3.46. The molecule has 0 radical (unpaired) electrons. The summed E-state index contributed by atoms with van der Waals surface area (Å²) in [5.74, 6) is 0.248. The first-order valence-electron chi connectivity index (χ1n) is 9.14. The van der Waals surface area contributed by atoms with Crippen LogP contribution in [0.15, 0.2) is 79.1 Å². The van der Waals surface area contributed by atoms with Crippen LogP contribution in [0.1, 0.15) is 28.2 Å². The van der Waals surface area contributed by atoms with E-state index in [0.717, 1.165) is 33.3 Å². The number of para-hydroxylation sites is 2. The van der Waals surface area contributed by atoms with Gasteiger partial charge in [-0.1, -0.05) is 54.1 Å². The molecule has 3 aromatic carbocycles. The number of phenols is 1. The number of hydrogen-bond donors (Lipinski definition) is 3. The van der Waals surface area contributed by atoms with Crippen molar-refractivity contribution in [2.45, 2.75) is 12.8 Å². The van der Waals surface area contributed by atoms with Gasteiger partial charge in [0, 0.05) is 45.7 Å². The van der Waals surface area contributed by atoms with Crippen LogP contribution < -0.4 is 0 Å². The number of fused-ring (bicyclic) bond motifs is 2. The predicted molar refractivity (Wildman–Crippen MR) is 110 cm³/mol. The zero-order valence-electron chi connectivity index (χ0n) is 15.0. The Bertz CT molecular complexity index is 1190. The van der Waals surface area contributed by atoms with Crippen LogP contribution >= 0.6 is 0 Å². The molecule has 0 saturated heterocycles. The van der Waals surface area contributed by atoms with Crippen LogP contribution in [0, 0.1) is 6.92 Å². The zero-order chi connectivity index (χ0) is 18.4. The maximum absolute atomic E-state index is 10.7. The minimum Gasteiger partial charge on any atom is -0.508 e. The zero-order valence-corrected chi connectivity index (χ0v) is 15.0. The van der Waals surface area contributed by atoms with Gasteiger partial charge < -0.3 is 15.1 Å². The van der Waals surface area contributed by atoms with Gasteiger partial charge in [0.15, 0.2) is 0 Å². The van der Waals surface area contributed by atoms with Crippen LogP contribution in [-0.4, -0.2) is 15.1 Å².